The van der Waals surface area contributed by atoms with Gasteiger partial charge in [0.05, 0.1) is 0 Å². The first kappa shape index (κ1) is 16.7. The molecule has 0 spiro atoms. The van der Waals surface area contributed by atoms with Crippen LogP contribution in [0.2, 0.25) is 6.32 Å². The normalized spacial score (nSPS) is 12.6. The number of rotatable bonds is 9. The Kier molecular flexibility index (Phi) is 9.57. The third-order valence-electron chi connectivity index (χ3n) is 2.43. The van der Waals surface area contributed by atoms with Gasteiger partial charge in [0.2, 0.25) is 0 Å². The Balaban J connectivity index is 4.12. The van der Waals surface area contributed by atoms with Gasteiger partial charge >= 0.3 is 7.12 Å². The van der Waals surface area contributed by atoms with Gasteiger partial charge in [0.25, 0.3) is 0 Å². The second-order valence-corrected chi connectivity index (χ2v) is 5.19. The van der Waals surface area contributed by atoms with E-state index in [1.54, 1.807) is 0 Å². The zero-order chi connectivity index (χ0) is 13.3. The van der Waals surface area contributed by atoms with E-state index >= 15 is 0 Å². The fraction of sp³-hybridized carbons (Fsp3) is 0.857. The molecule has 0 aromatic heterocycles. The van der Waals surface area contributed by atoms with Crippen molar-refractivity contribution in [1.82, 2.24) is 0 Å². The van der Waals surface area contributed by atoms with Gasteiger partial charge in [-0.2, -0.15) is 0 Å². The van der Waals surface area contributed by atoms with Gasteiger partial charge in [-0.25, -0.2) is 0 Å². The molecule has 17 heavy (non-hydrogen) atoms. The molecule has 100 valence electrons. The second-order valence-electron chi connectivity index (χ2n) is 5.19. The van der Waals surface area contributed by atoms with E-state index in [9.17, 15) is 0 Å². The van der Waals surface area contributed by atoms with Gasteiger partial charge < -0.3 is 9.31 Å². The van der Waals surface area contributed by atoms with E-state index in [2.05, 4.69) is 19.9 Å². The van der Waals surface area contributed by atoms with Crippen LogP contribution in [-0.2, 0) is 9.31 Å². The number of hydrogen-bond donors (Lipinski definition) is 0. The highest BCUT2D eigenvalue weighted by molar-refractivity contribution is 6.45. The van der Waals surface area contributed by atoms with Crippen molar-refractivity contribution in [3.05, 3.63) is 11.6 Å². The lowest BCUT2D eigenvalue weighted by Gasteiger charge is -2.18. The molecule has 0 fully saturated rings. The minimum atomic E-state index is -0.105. The van der Waals surface area contributed by atoms with Gasteiger partial charge in [0.1, 0.15) is 0 Å². The summed E-state index contributed by atoms with van der Waals surface area (Å²) in [5.41, 5.74) is 1.44. The Hall–Kier alpha value is -0.275. The largest absolute Gasteiger partial charge is 0.461 e. The molecular formula is C14H29BO2. The van der Waals surface area contributed by atoms with Crippen molar-refractivity contribution in [2.75, 3.05) is 0 Å². The summed E-state index contributed by atoms with van der Waals surface area (Å²) in [4.78, 5) is 0. The lowest BCUT2D eigenvalue weighted by Crippen LogP contribution is -2.28. The third kappa shape index (κ3) is 10.6. The zero-order valence-corrected chi connectivity index (χ0v) is 12.5. The summed E-state index contributed by atoms with van der Waals surface area (Å²) in [6.07, 6.45) is 7.23. The highest BCUT2D eigenvalue weighted by atomic mass is 16.6. The Morgan fingerprint density at radius 1 is 1.12 bits per heavy atom. The molecule has 2 nitrogen and oxygen atoms in total. The summed E-state index contributed by atoms with van der Waals surface area (Å²) in [6.45, 7) is 12.6. The highest BCUT2D eigenvalue weighted by Crippen LogP contribution is 2.11. The minimum Gasteiger partial charge on any atom is -0.409 e. The first-order valence-electron chi connectivity index (χ1n) is 6.92. The lowest BCUT2D eigenvalue weighted by molar-refractivity contribution is 0.131. The maximum absolute atomic E-state index is 5.75. The van der Waals surface area contributed by atoms with Crippen molar-refractivity contribution in [2.24, 2.45) is 0 Å². The van der Waals surface area contributed by atoms with Gasteiger partial charge in [-0.1, -0.05) is 25.0 Å². The predicted octanol–water partition coefficient (Wildman–Crippen LogP) is 4.46. The zero-order valence-electron chi connectivity index (χ0n) is 12.5. The molecule has 3 heteroatoms. The van der Waals surface area contributed by atoms with Crippen molar-refractivity contribution in [2.45, 2.75) is 79.3 Å². The van der Waals surface area contributed by atoms with Crippen LogP contribution in [0, 0.1) is 0 Å². The van der Waals surface area contributed by atoms with Crippen molar-refractivity contribution < 1.29 is 9.31 Å². The van der Waals surface area contributed by atoms with Crippen molar-refractivity contribution in [3.63, 3.8) is 0 Å². The van der Waals surface area contributed by atoms with Gasteiger partial charge in [-0.15, -0.1) is 0 Å². The summed E-state index contributed by atoms with van der Waals surface area (Å²) >= 11 is 0. The van der Waals surface area contributed by atoms with E-state index in [1.165, 1.54) is 24.8 Å². The van der Waals surface area contributed by atoms with Gasteiger partial charge in [-0.05, 0) is 47.5 Å². The average Bonchev–Trinajstić information content (AvgIpc) is 2.21. The van der Waals surface area contributed by atoms with Crippen LogP contribution in [0.1, 0.15) is 60.8 Å². The Morgan fingerprint density at radius 2 is 1.65 bits per heavy atom. The van der Waals surface area contributed by atoms with E-state index in [0.717, 1.165) is 6.32 Å². The fourth-order valence-corrected chi connectivity index (χ4v) is 1.61. The quantitative estimate of drug-likeness (QED) is 0.437. The van der Waals surface area contributed by atoms with Crippen LogP contribution < -0.4 is 0 Å². The van der Waals surface area contributed by atoms with E-state index in [-0.39, 0.29) is 19.3 Å². The molecule has 0 bridgehead atoms. The summed E-state index contributed by atoms with van der Waals surface area (Å²) < 4.78 is 11.5. The second kappa shape index (κ2) is 9.72. The molecule has 0 aliphatic carbocycles. The molecule has 0 unspecified atom stereocenters. The first-order chi connectivity index (χ1) is 7.95. The maximum atomic E-state index is 5.75. The summed E-state index contributed by atoms with van der Waals surface area (Å²) in [6, 6.07) is 0. The predicted molar refractivity (Wildman–Crippen MR) is 76.3 cm³/mol. The lowest BCUT2D eigenvalue weighted by atomic mass is 9.82. The molecule has 0 aromatic carbocycles. The van der Waals surface area contributed by atoms with Crippen LogP contribution in [0.25, 0.3) is 0 Å². The van der Waals surface area contributed by atoms with Crippen molar-refractivity contribution in [1.29, 1.82) is 0 Å². The molecule has 0 radical (unpaired) electrons. The molecule has 0 saturated carbocycles. The van der Waals surface area contributed by atoms with Crippen molar-refractivity contribution >= 4 is 7.12 Å². The van der Waals surface area contributed by atoms with Gasteiger partial charge in [-0.3, -0.25) is 0 Å². The summed E-state index contributed by atoms with van der Waals surface area (Å²) in [5.74, 6) is 0. The number of unbranched alkanes of at least 4 members (excludes halogenated alkanes) is 1. The monoisotopic (exact) mass is 240 g/mol. The summed E-state index contributed by atoms with van der Waals surface area (Å²) in [5, 5.41) is 0. The smallest absolute Gasteiger partial charge is 0.409 e. The standard InChI is InChI=1S/C14H29BO2/c1-7-8-9-14(6)10-11-15(16-12(2)3)17-13(4)5/h10,12-13H,7-9,11H2,1-6H3/b14-10+. The van der Waals surface area contributed by atoms with Crippen LogP contribution in [0.3, 0.4) is 0 Å². The van der Waals surface area contributed by atoms with Crippen molar-refractivity contribution in [3.8, 4) is 0 Å². The SMILES string of the molecule is CCCC/C(C)=C/CB(OC(C)C)OC(C)C. The minimum absolute atomic E-state index is 0.105. The molecule has 0 atom stereocenters. The Bertz CT molecular complexity index is 202. The molecule has 0 amide bonds. The van der Waals surface area contributed by atoms with Crippen LogP contribution in [-0.4, -0.2) is 19.3 Å². The summed E-state index contributed by atoms with van der Waals surface area (Å²) in [7, 11) is -0.105. The molecule has 0 N–H and O–H groups in total. The van der Waals surface area contributed by atoms with Crippen LogP contribution in [0.5, 0.6) is 0 Å². The van der Waals surface area contributed by atoms with E-state index < -0.39 is 0 Å². The molecule has 0 rings (SSSR count). The van der Waals surface area contributed by atoms with Gasteiger partial charge in [0.15, 0.2) is 0 Å². The van der Waals surface area contributed by atoms with E-state index in [4.69, 9.17) is 9.31 Å². The number of allylic oxidation sites excluding steroid dienone is 2. The van der Waals surface area contributed by atoms with Crippen LogP contribution in [0.4, 0.5) is 0 Å². The Labute approximate surface area is 108 Å². The molecule has 0 heterocycles. The molecule has 0 aliphatic heterocycles. The van der Waals surface area contributed by atoms with Gasteiger partial charge in [0, 0.05) is 18.5 Å². The van der Waals surface area contributed by atoms with E-state index in [0.29, 0.717) is 0 Å². The molecule has 0 aromatic rings. The Morgan fingerprint density at radius 3 is 2.06 bits per heavy atom. The highest BCUT2D eigenvalue weighted by Gasteiger charge is 2.19. The first-order valence-corrected chi connectivity index (χ1v) is 6.92. The number of hydrogen-bond acceptors (Lipinski definition) is 2. The van der Waals surface area contributed by atoms with Crippen LogP contribution in [0.15, 0.2) is 11.6 Å². The molecule has 0 saturated heterocycles. The van der Waals surface area contributed by atoms with Crippen LogP contribution >= 0.6 is 0 Å². The average molecular weight is 240 g/mol. The molecule has 0 aliphatic rings. The third-order valence-corrected chi connectivity index (χ3v) is 2.43. The fourth-order valence-electron chi connectivity index (χ4n) is 1.61. The molecular weight excluding hydrogens is 211 g/mol. The maximum Gasteiger partial charge on any atom is 0.461 e. The topological polar surface area (TPSA) is 18.5 Å². The van der Waals surface area contributed by atoms with E-state index in [1.807, 2.05) is 27.7 Å².